The van der Waals surface area contributed by atoms with E-state index in [-0.39, 0.29) is 24.8 Å². The van der Waals surface area contributed by atoms with Crippen molar-refractivity contribution in [2.75, 3.05) is 0 Å². The summed E-state index contributed by atoms with van der Waals surface area (Å²) in [5, 5.41) is 0. The Balaban J connectivity index is 0.000000334. The van der Waals surface area contributed by atoms with Gasteiger partial charge < -0.3 is 24.8 Å². The van der Waals surface area contributed by atoms with E-state index in [1.54, 1.807) is 11.1 Å². The third-order valence-corrected chi connectivity index (χ3v) is 4.42. The quantitative estimate of drug-likeness (QED) is 0.444. The minimum Gasteiger partial charge on any atom is -1.00 e. The molecule has 0 nitrogen and oxygen atoms in total. The first-order chi connectivity index (χ1) is 9.93. The van der Waals surface area contributed by atoms with Crippen molar-refractivity contribution in [2.45, 2.75) is 38.5 Å². The zero-order chi connectivity index (χ0) is 14.2. The van der Waals surface area contributed by atoms with Gasteiger partial charge in [-0.15, -0.1) is 37.1 Å². The van der Waals surface area contributed by atoms with Gasteiger partial charge in [0.05, 0.1) is 0 Å². The summed E-state index contributed by atoms with van der Waals surface area (Å²) in [6.07, 6.45) is 26.1. The zero-order valence-electron chi connectivity index (χ0n) is 13.0. The largest absolute Gasteiger partial charge is 1.00 e. The summed E-state index contributed by atoms with van der Waals surface area (Å²) in [6, 6.07) is 0. The number of halogens is 2. The summed E-state index contributed by atoms with van der Waals surface area (Å²) in [7, 11) is 0. The predicted octanol–water partition coefficient (Wildman–Crippen LogP) is -1.05. The van der Waals surface area contributed by atoms with Gasteiger partial charge in [0.25, 0.3) is 0 Å². The summed E-state index contributed by atoms with van der Waals surface area (Å²) in [4.78, 5) is 0. The van der Waals surface area contributed by atoms with Crippen LogP contribution in [0.3, 0.4) is 0 Å². The van der Waals surface area contributed by atoms with Crippen LogP contribution < -0.4 is 24.8 Å². The fourth-order valence-corrected chi connectivity index (χ4v) is 3.33. The van der Waals surface area contributed by atoms with Gasteiger partial charge in [0, 0.05) is 0 Å². The van der Waals surface area contributed by atoms with Gasteiger partial charge in [-0.1, -0.05) is 12.8 Å². The van der Waals surface area contributed by atoms with Crippen molar-refractivity contribution < 1.29 is 49.0 Å². The van der Waals surface area contributed by atoms with Gasteiger partial charge in [-0.05, 0) is 24.7 Å². The van der Waals surface area contributed by atoms with Gasteiger partial charge in [0.1, 0.15) is 0 Å². The molecule has 0 saturated heterocycles. The molecule has 120 valence electrons. The van der Waals surface area contributed by atoms with Crippen molar-refractivity contribution in [2.24, 2.45) is 11.8 Å². The van der Waals surface area contributed by atoms with Crippen LogP contribution in [0.5, 0.6) is 0 Å². The smallest absolute Gasteiger partial charge is 1.00 e. The van der Waals surface area contributed by atoms with Crippen molar-refractivity contribution in [1.29, 1.82) is 0 Å². The molecule has 2 fully saturated rings. The van der Waals surface area contributed by atoms with E-state index in [1.165, 1.54) is 62.8 Å². The van der Waals surface area contributed by atoms with Crippen LogP contribution in [-0.2, 0) is 24.2 Å². The molecule has 3 heteroatoms. The third kappa shape index (κ3) is 6.27. The Kier molecular flexibility index (Phi) is 12.5. The van der Waals surface area contributed by atoms with Crippen molar-refractivity contribution in [3.05, 3.63) is 60.4 Å². The van der Waals surface area contributed by atoms with Crippen molar-refractivity contribution in [1.82, 2.24) is 0 Å². The van der Waals surface area contributed by atoms with Gasteiger partial charge in [0.2, 0.25) is 0 Å². The Labute approximate surface area is 163 Å². The molecule has 0 aromatic rings. The Morgan fingerprint density at radius 3 is 1.59 bits per heavy atom. The summed E-state index contributed by atoms with van der Waals surface area (Å²) >= 11 is 1.30. The number of rotatable bonds is 0. The van der Waals surface area contributed by atoms with Crippen LogP contribution in [0.4, 0.5) is 0 Å². The molecular formula is C19H24Cl2Zr-2. The minimum absolute atomic E-state index is 0. The Morgan fingerprint density at radius 2 is 1.23 bits per heavy atom. The molecule has 2 atom stereocenters. The minimum atomic E-state index is 0. The van der Waals surface area contributed by atoms with Crippen LogP contribution in [0.1, 0.15) is 38.5 Å². The molecule has 0 spiro atoms. The van der Waals surface area contributed by atoms with E-state index >= 15 is 0 Å². The molecule has 0 heterocycles. The number of hydrogen-bond acceptors (Lipinski definition) is 0. The standard InChI is InChI=1S/2C9H11.CH2.2ClH.Zr/c2*1-2-5-9-7-3-6-8(9)4-1;;;;/h2*1-2,4,6,9H,3,5,7H2;1H2;2*1H;/q2*-1;;;;+2/p-2. The summed E-state index contributed by atoms with van der Waals surface area (Å²) in [5.74, 6) is 1.77. The fourth-order valence-electron chi connectivity index (χ4n) is 3.33. The van der Waals surface area contributed by atoms with Crippen LogP contribution in [-0.4, -0.2) is 4.21 Å². The number of hydrogen-bond donors (Lipinski definition) is 0. The topological polar surface area (TPSA) is 0 Å². The van der Waals surface area contributed by atoms with Crippen LogP contribution in [0.15, 0.2) is 47.6 Å². The maximum atomic E-state index is 3.34. The molecule has 4 rings (SSSR count). The second kappa shape index (κ2) is 12.5. The molecule has 2 saturated carbocycles. The first kappa shape index (κ1) is 22.0. The molecule has 22 heavy (non-hydrogen) atoms. The van der Waals surface area contributed by atoms with E-state index in [0.29, 0.717) is 0 Å². The van der Waals surface area contributed by atoms with E-state index < -0.39 is 0 Å². The molecule has 4 aliphatic carbocycles. The SMILES string of the molecule is C1=CCC2CC[CH-]C2=C1.C1=CCC2CC[CH-]C2=C1.[CH2]=[Zr+2].[Cl-].[Cl-]. The van der Waals surface area contributed by atoms with E-state index in [9.17, 15) is 0 Å². The van der Waals surface area contributed by atoms with Crippen LogP contribution in [0.2, 0.25) is 0 Å². The molecular weight excluding hydrogens is 390 g/mol. The maximum absolute atomic E-state index is 3.34. The molecule has 0 radical (unpaired) electrons. The Hall–Kier alpha value is 0.0331. The monoisotopic (exact) mass is 412 g/mol. The third-order valence-electron chi connectivity index (χ3n) is 4.42. The van der Waals surface area contributed by atoms with Crippen LogP contribution in [0.25, 0.3) is 0 Å². The zero-order valence-corrected chi connectivity index (χ0v) is 16.9. The summed E-state index contributed by atoms with van der Waals surface area (Å²) < 4.78 is 3.34. The fraction of sp³-hybridized carbons (Fsp3) is 0.421. The van der Waals surface area contributed by atoms with Gasteiger partial charge in [-0.3, -0.25) is 0 Å². The van der Waals surface area contributed by atoms with E-state index in [0.717, 1.165) is 11.8 Å². The average molecular weight is 415 g/mol. The normalized spacial score (nSPS) is 25.7. The maximum Gasteiger partial charge on any atom is -1.00 e. The molecule has 0 aromatic carbocycles. The molecule has 0 aliphatic heterocycles. The molecule has 0 aromatic heterocycles. The molecule has 0 amide bonds. The Bertz CT molecular complexity index is 395. The first-order valence-corrected chi connectivity index (χ1v) is 9.42. The van der Waals surface area contributed by atoms with Crippen LogP contribution >= 0.6 is 0 Å². The van der Waals surface area contributed by atoms with Gasteiger partial charge in [0.15, 0.2) is 0 Å². The molecule has 0 bridgehead atoms. The van der Waals surface area contributed by atoms with E-state index in [2.05, 4.69) is 53.5 Å². The molecule has 4 aliphatic rings. The van der Waals surface area contributed by atoms with E-state index in [1.807, 2.05) is 0 Å². The number of allylic oxidation sites excluding steroid dienone is 8. The van der Waals surface area contributed by atoms with Crippen molar-refractivity contribution in [3.8, 4) is 0 Å². The second-order valence-electron chi connectivity index (χ2n) is 5.62. The number of fused-ring (bicyclic) bond motifs is 2. The van der Waals surface area contributed by atoms with Gasteiger partial charge in [-0.25, -0.2) is 36.1 Å². The summed E-state index contributed by atoms with van der Waals surface area (Å²) in [6.45, 7) is 0. The van der Waals surface area contributed by atoms with Crippen molar-refractivity contribution in [3.63, 3.8) is 0 Å². The van der Waals surface area contributed by atoms with E-state index in [4.69, 9.17) is 0 Å². The first-order valence-electron chi connectivity index (χ1n) is 7.68. The van der Waals surface area contributed by atoms with Gasteiger partial charge in [-0.2, -0.15) is 0 Å². The average Bonchev–Trinajstić information content (AvgIpc) is 3.18. The molecule has 0 N–H and O–H groups in total. The second-order valence-corrected chi connectivity index (χ2v) is 5.62. The van der Waals surface area contributed by atoms with Crippen LogP contribution in [0, 0.1) is 24.7 Å². The Morgan fingerprint density at radius 1 is 0.818 bits per heavy atom. The van der Waals surface area contributed by atoms with Crippen molar-refractivity contribution >= 4 is 4.21 Å². The molecule has 2 unspecified atom stereocenters. The predicted molar refractivity (Wildman–Crippen MR) is 84.8 cm³/mol. The van der Waals surface area contributed by atoms with Gasteiger partial charge >= 0.3 is 28.4 Å². The summed E-state index contributed by atoms with van der Waals surface area (Å²) in [5.41, 5.74) is 3.16.